The van der Waals surface area contributed by atoms with Crippen LogP contribution in [0.1, 0.15) is 18.4 Å². The first kappa shape index (κ1) is 20.9. The first-order valence-corrected chi connectivity index (χ1v) is 8.50. The van der Waals surface area contributed by atoms with Crippen LogP contribution >= 0.6 is 0 Å². The number of nitrogens with zero attached hydrogens (tertiary/aromatic N) is 3. The number of carbonyl (C=O) groups excluding carboxylic acids is 1. The fourth-order valence-electron chi connectivity index (χ4n) is 3.13. The molecule has 0 spiro atoms. The Labute approximate surface area is 154 Å². The van der Waals surface area contributed by atoms with Gasteiger partial charge < -0.3 is 19.6 Å². The Kier molecular flexibility index (Phi) is 7.00. The van der Waals surface area contributed by atoms with Gasteiger partial charge in [-0.3, -0.25) is 9.59 Å². The van der Waals surface area contributed by atoms with E-state index in [9.17, 15) is 22.8 Å². The molecule has 1 saturated heterocycles. The largest absolute Gasteiger partial charge is 0.480 e. The molecule has 10 heteroatoms. The minimum absolute atomic E-state index is 0.0576. The Morgan fingerprint density at radius 1 is 1.44 bits per heavy atom. The van der Waals surface area contributed by atoms with Crippen molar-refractivity contribution in [1.82, 2.24) is 9.88 Å². The molecule has 27 heavy (non-hydrogen) atoms. The normalized spacial score (nSPS) is 17.6. The van der Waals surface area contributed by atoms with Crippen LogP contribution in [0.4, 0.5) is 19.0 Å². The summed E-state index contributed by atoms with van der Waals surface area (Å²) >= 11 is 0. The molecule has 0 aromatic carbocycles. The second kappa shape index (κ2) is 9.03. The van der Waals surface area contributed by atoms with Gasteiger partial charge in [-0.05, 0) is 25.0 Å². The van der Waals surface area contributed by atoms with Crippen molar-refractivity contribution in [3.05, 3.63) is 23.9 Å². The Morgan fingerprint density at radius 3 is 2.81 bits per heavy atom. The minimum Gasteiger partial charge on any atom is -0.480 e. The molecular weight excluding hydrogens is 367 g/mol. The van der Waals surface area contributed by atoms with Crippen LogP contribution in [0.25, 0.3) is 0 Å². The van der Waals surface area contributed by atoms with Gasteiger partial charge in [0.1, 0.15) is 12.4 Å². The zero-order chi connectivity index (χ0) is 20.0. The molecule has 1 amide bonds. The molecule has 2 heterocycles. The number of carboxylic acids is 1. The maximum absolute atomic E-state index is 13.2. The average molecular weight is 389 g/mol. The summed E-state index contributed by atoms with van der Waals surface area (Å²) in [4.78, 5) is 30.2. The molecule has 1 fully saturated rings. The number of carboxylic acid groups (broad SMARTS) is 1. The number of anilines is 1. The van der Waals surface area contributed by atoms with E-state index in [1.54, 1.807) is 0 Å². The Hall–Kier alpha value is -2.36. The monoisotopic (exact) mass is 389 g/mol. The molecule has 0 bridgehead atoms. The van der Waals surface area contributed by atoms with Gasteiger partial charge in [0.05, 0.1) is 18.1 Å². The molecule has 1 aromatic rings. The third-order valence-electron chi connectivity index (χ3n) is 4.37. The second-order valence-corrected chi connectivity index (χ2v) is 6.30. The zero-order valence-electron chi connectivity index (χ0n) is 14.9. The van der Waals surface area contributed by atoms with Gasteiger partial charge in [-0.1, -0.05) is 0 Å². The van der Waals surface area contributed by atoms with Crippen molar-refractivity contribution < 1.29 is 32.6 Å². The molecule has 0 unspecified atom stereocenters. The highest BCUT2D eigenvalue weighted by Crippen LogP contribution is 2.36. The Bertz CT molecular complexity index is 669. The number of hydrogen-bond acceptors (Lipinski definition) is 5. The summed E-state index contributed by atoms with van der Waals surface area (Å²) in [5.74, 6) is -2.36. The predicted octanol–water partition coefficient (Wildman–Crippen LogP) is 1.88. The lowest BCUT2D eigenvalue weighted by atomic mass is 9.96. The number of hydrogen-bond donors (Lipinski definition) is 1. The molecule has 1 N–H and O–H groups in total. The summed E-state index contributed by atoms with van der Waals surface area (Å²) in [6.45, 7) is 0.211. The maximum Gasteiger partial charge on any atom is 0.419 e. The van der Waals surface area contributed by atoms with Gasteiger partial charge in [0.2, 0.25) is 5.91 Å². The topological polar surface area (TPSA) is 83.0 Å². The molecule has 1 aromatic heterocycles. The molecule has 0 aliphatic carbocycles. The van der Waals surface area contributed by atoms with Crippen LogP contribution in [0.2, 0.25) is 0 Å². The van der Waals surface area contributed by atoms with Gasteiger partial charge in [-0.25, -0.2) is 4.98 Å². The number of aliphatic carboxylic acids is 1. The van der Waals surface area contributed by atoms with Crippen molar-refractivity contribution >= 4 is 17.7 Å². The van der Waals surface area contributed by atoms with E-state index in [0.717, 1.165) is 6.07 Å². The van der Waals surface area contributed by atoms with Crippen LogP contribution in [0.15, 0.2) is 18.3 Å². The lowest BCUT2D eigenvalue weighted by molar-refractivity contribution is -0.147. The number of ether oxygens (including phenoxy) is 1. The number of halogens is 3. The summed E-state index contributed by atoms with van der Waals surface area (Å²) in [5.41, 5.74) is -0.847. The van der Waals surface area contributed by atoms with Crippen molar-refractivity contribution in [3.63, 3.8) is 0 Å². The van der Waals surface area contributed by atoms with Crippen molar-refractivity contribution in [2.45, 2.75) is 19.0 Å². The van der Waals surface area contributed by atoms with E-state index in [4.69, 9.17) is 9.84 Å². The number of rotatable bonds is 7. The highest BCUT2D eigenvalue weighted by Gasteiger charge is 2.38. The maximum atomic E-state index is 13.2. The van der Waals surface area contributed by atoms with E-state index in [-0.39, 0.29) is 25.5 Å². The quantitative estimate of drug-likeness (QED) is 0.767. The van der Waals surface area contributed by atoms with Crippen LogP contribution < -0.4 is 4.90 Å². The lowest BCUT2D eigenvalue weighted by Gasteiger charge is -2.36. The number of amides is 1. The third-order valence-corrected chi connectivity index (χ3v) is 4.37. The van der Waals surface area contributed by atoms with Crippen molar-refractivity contribution in [2.24, 2.45) is 5.92 Å². The molecular formula is C17H22F3N3O4. The first-order chi connectivity index (χ1) is 12.7. The fourth-order valence-corrected chi connectivity index (χ4v) is 3.13. The average Bonchev–Trinajstić information content (AvgIpc) is 2.63. The van der Waals surface area contributed by atoms with E-state index in [1.165, 1.54) is 29.2 Å². The molecule has 1 aliphatic rings. The number of methoxy groups -OCH3 is 1. The van der Waals surface area contributed by atoms with Crippen LogP contribution in [0.5, 0.6) is 0 Å². The summed E-state index contributed by atoms with van der Waals surface area (Å²) < 4.78 is 44.7. The SMILES string of the molecule is COCCN(CC(=O)O)C(=O)[C@@H]1CCCN(c2ncccc2C(F)(F)F)C1. The Balaban J connectivity index is 2.17. The predicted molar refractivity (Wildman–Crippen MR) is 90.3 cm³/mol. The molecule has 0 saturated carbocycles. The van der Waals surface area contributed by atoms with Gasteiger partial charge >= 0.3 is 12.1 Å². The summed E-state index contributed by atoms with van der Waals surface area (Å²) in [7, 11) is 1.44. The summed E-state index contributed by atoms with van der Waals surface area (Å²) in [5, 5.41) is 9.01. The van der Waals surface area contributed by atoms with Crippen LogP contribution in [-0.2, 0) is 20.5 Å². The lowest BCUT2D eigenvalue weighted by Crippen LogP contribution is -2.47. The van der Waals surface area contributed by atoms with E-state index in [0.29, 0.717) is 19.4 Å². The number of pyridine rings is 1. The number of piperidine rings is 1. The summed E-state index contributed by atoms with van der Waals surface area (Å²) in [6, 6.07) is 2.18. The third kappa shape index (κ3) is 5.56. The number of aromatic nitrogens is 1. The minimum atomic E-state index is -4.55. The molecule has 150 valence electrons. The van der Waals surface area contributed by atoms with E-state index < -0.39 is 36.1 Å². The molecule has 2 rings (SSSR count). The fraction of sp³-hybridized carbons (Fsp3) is 0.588. The van der Waals surface area contributed by atoms with Crippen molar-refractivity contribution in [3.8, 4) is 0 Å². The standard InChI is InChI=1S/C17H22F3N3O4/c1-27-9-8-23(11-14(24)25)16(26)12-4-3-7-22(10-12)15-13(17(18,19)20)5-2-6-21-15/h2,5-6,12H,3-4,7-11H2,1H3,(H,24,25)/t12-/m1/s1. The van der Waals surface area contributed by atoms with Gasteiger partial charge in [-0.15, -0.1) is 0 Å². The highest BCUT2D eigenvalue weighted by atomic mass is 19.4. The van der Waals surface area contributed by atoms with E-state index in [2.05, 4.69) is 4.98 Å². The van der Waals surface area contributed by atoms with Gasteiger partial charge in [0.15, 0.2) is 0 Å². The van der Waals surface area contributed by atoms with Crippen molar-refractivity contribution in [2.75, 3.05) is 44.8 Å². The van der Waals surface area contributed by atoms with Crippen LogP contribution in [-0.4, -0.2) is 66.8 Å². The van der Waals surface area contributed by atoms with Gasteiger partial charge in [0, 0.05) is 32.9 Å². The van der Waals surface area contributed by atoms with Crippen LogP contribution in [0, 0.1) is 5.92 Å². The molecule has 1 aliphatic heterocycles. The van der Waals surface area contributed by atoms with E-state index in [1.807, 2.05) is 0 Å². The van der Waals surface area contributed by atoms with Gasteiger partial charge in [0.25, 0.3) is 0 Å². The zero-order valence-corrected chi connectivity index (χ0v) is 14.9. The van der Waals surface area contributed by atoms with E-state index >= 15 is 0 Å². The smallest absolute Gasteiger partial charge is 0.419 e. The Morgan fingerprint density at radius 2 is 2.19 bits per heavy atom. The number of carbonyl (C=O) groups is 2. The second-order valence-electron chi connectivity index (χ2n) is 6.30. The molecule has 1 atom stereocenters. The first-order valence-electron chi connectivity index (χ1n) is 8.50. The highest BCUT2D eigenvalue weighted by molar-refractivity contribution is 5.83. The van der Waals surface area contributed by atoms with Crippen LogP contribution in [0.3, 0.4) is 0 Å². The van der Waals surface area contributed by atoms with Crippen molar-refractivity contribution in [1.29, 1.82) is 0 Å². The molecule has 0 radical (unpaired) electrons. The number of alkyl halides is 3. The molecule has 7 nitrogen and oxygen atoms in total. The van der Waals surface area contributed by atoms with Gasteiger partial charge in [-0.2, -0.15) is 13.2 Å². The summed E-state index contributed by atoms with van der Waals surface area (Å²) in [6.07, 6.45) is -2.28.